The molecule has 1 fully saturated rings. The summed E-state index contributed by atoms with van der Waals surface area (Å²) in [5.41, 5.74) is 1.24. The Bertz CT molecular complexity index is 422. The summed E-state index contributed by atoms with van der Waals surface area (Å²) >= 11 is 0. The van der Waals surface area contributed by atoms with Gasteiger partial charge in [-0.15, -0.1) is 0 Å². The van der Waals surface area contributed by atoms with Crippen molar-refractivity contribution in [1.29, 1.82) is 0 Å². The van der Waals surface area contributed by atoms with E-state index in [1.807, 2.05) is 12.1 Å². The molecule has 0 bridgehead atoms. The third kappa shape index (κ3) is 4.68. The van der Waals surface area contributed by atoms with Gasteiger partial charge < -0.3 is 15.2 Å². The van der Waals surface area contributed by atoms with Crippen molar-refractivity contribution in [2.24, 2.45) is 0 Å². The quantitative estimate of drug-likeness (QED) is 0.769. The normalized spacial score (nSPS) is 17.9. The summed E-state index contributed by atoms with van der Waals surface area (Å²) in [6, 6.07) is 8.51. The van der Waals surface area contributed by atoms with E-state index in [2.05, 4.69) is 34.3 Å². The number of nitrogens with zero attached hydrogens (tertiary/aromatic N) is 2. The van der Waals surface area contributed by atoms with E-state index in [0.717, 1.165) is 38.5 Å². The van der Waals surface area contributed by atoms with Crippen molar-refractivity contribution in [3.05, 3.63) is 29.8 Å². The highest BCUT2D eigenvalue weighted by Crippen LogP contribution is 2.24. The number of hydrogen-bond acceptors (Lipinski definition) is 5. The average molecular weight is 293 g/mol. The van der Waals surface area contributed by atoms with Gasteiger partial charge in [0.05, 0.1) is 13.7 Å². The van der Waals surface area contributed by atoms with E-state index in [4.69, 9.17) is 4.74 Å². The van der Waals surface area contributed by atoms with Gasteiger partial charge in [0.15, 0.2) is 0 Å². The minimum atomic E-state index is 0.179. The molecule has 2 rings (SSSR count). The summed E-state index contributed by atoms with van der Waals surface area (Å²) in [7, 11) is 3.77. The fraction of sp³-hybridized carbons (Fsp3) is 0.625. The summed E-state index contributed by atoms with van der Waals surface area (Å²) in [4.78, 5) is 4.70. The van der Waals surface area contributed by atoms with Gasteiger partial charge in [0.1, 0.15) is 5.75 Å². The Kier molecular flexibility index (Phi) is 6.45. The van der Waals surface area contributed by atoms with Gasteiger partial charge in [-0.25, -0.2) is 0 Å². The second-order valence-corrected chi connectivity index (χ2v) is 5.55. The Morgan fingerprint density at radius 3 is 2.81 bits per heavy atom. The number of rotatable bonds is 7. The molecule has 1 unspecified atom stereocenters. The monoisotopic (exact) mass is 293 g/mol. The Balaban J connectivity index is 2.13. The fourth-order valence-electron chi connectivity index (χ4n) is 2.80. The lowest BCUT2D eigenvalue weighted by Gasteiger charge is -2.35. The summed E-state index contributed by atoms with van der Waals surface area (Å²) in [6.07, 6.45) is 0. The van der Waals surface area contributed by atoms with Crippen LogP contribution in [0.5, 0.6) is 5.75 Å². The molecule has 5 heteroatoms. The molecule has 118 valence electrons. The number of aliphatic hydroxyl groups excluding tert-OH is 1. The second-order valence-electron chi connectivity index (χ2n) is 5.55. The first-order valence-electron chi connectivity index (χ1n) is 7.62. The molecule has 1 aliphatic heterocycles. The number of nitrogens with one attached hydrogen (secondary N) is 1. The molecular weight excluding hydrogens is 266 g/mol. The number of benzene rings is 1. The lowest BCUT2D eigenvalue weighted by Crippen LogP contribution is -2.47. The Morgan fingerprint density at radius 1 is 1.38 bits per heavy atom. The Hall–Kier alpha value is -1.14. The van der Waals surface area contributed by atoms with E-state index in [1.54, 1.807) is 7.11 Å². The van der Waals surface area contributed by atoms with Gasteiger partial charge in [-0.1, -0.05) is 12.1 Å². The third-order valence-electron chi connectivity index (χ3n) is 4.10. The van der Waals surface area contributed by atoms with Gasteiger partial charge in [-0.05, 0) is 24.7 Å². The van der Waals surface area contributed by atoms with Crippen LogP contribution < -0.4 is 10.1 Å². The summed E-state index contributed by atoms with van der Waals surface area (Å²) in [6.45, 7) is 6.09. The van der Waals surface area contributed by atoms with E-state index >= 15 is 0 Å². The van der Waals surface area contributed by atoms with Crippen LogP contribution in [-0.2, 0) is 0 Å². The van der Waals surface area contributed by atoms with Crippen LogP contribution in [0.4, 0.5) is 0 Å². The molecular formula is C16H27N3O2. The molecule has 0 amide bonds. The minimum absolute atomic E-state index is 0.179. The van der Waals surface area contributed by atoms with Crippen LogP contribution in [0.15, 0.2) is 24.3 Å². The largest absolute Gasteiger partial charge is 0.497 e. The molecule has 0 spiro atoms. The topological polar surface area (TPSA) is 48.0 Å². The molecule has 1 saturated heterocycles. The average Bonchev–Trinajstić information content (AvgIpc) is 2.54. The molecule has 21 heavy (non-hydrogen) atoms. The van der Waals surface area contributed by atoms with Gasteiger partial charge in [-0.2, -0.15) is 0 Å². The number of hydrogen-bond donors (Lipinski definition) is 2. The lowest BCUT2D eigenvalue weighted by atomic mass is 10.0. The van der Waals surface area contributed by atoms with E-state index in [9.17, 15) is 5.11 Å². The van der Waals surface area contributed by atoms with Gasteiger partial charge in [-0.3, -0.25) is 9.80 Å². The van der Waals surface area contributed by atoms with Crippen LogP contribution in [0, 0.1) is 0 Å². The summed E-state index contributed by atoms with van der Waals surface area (Å²) in [5.74, 6) is 0.884. The highest BCUT2D eigenvalue weighted by molar-refractivity contribution is 5.30. The number of piperazine rings is 1. The van der Waals surface area contributed by atoms with Crippen molar-refractivity contribution in [1.82, 2.24) is 15.1 Å². The summed E-state index contributed by atoms with van der Waals surface area (Å²) in [5, 5.41) is 12.6. The van der Waals surface area contributed by atoms with Crippen molar-refractivity contribution >= 4 is 0 Å². The highest BCUT2D eigenvalue weighted by Gasteiger charge is 2.21. The van der Waals surface area contributed by atoms with Crippen LogP contribution in [-0.4, -0.2) is 74.9 Å². The van der Waals surface area contributed by atoms with Crippen molar-refractivity contribution < 1.29 is 9.84 Å². The fourth-order valence-corrected chi connectivity index (χ4v) is 2.80. The van der Waals surface area contributed by atoms with Crippen molar-refractivity contribution in [2.45, 2.75) is 6.04 Å². The van der Waals surface area contributed by atoms with Crippen molar-refractivity contribution in [3.63, 3.8) is 0 Å². The van der Waals surface area contributed by atoms with Gasteiger partial charge in [0.2, 0.25) is 0 Å². The zero-order valence-corrected chi connectivity index (χ0v) is 13.1. The Labute approximate surface area is 127 Å². The standard InChI is InChI=1S/C16H27N3O2/c1-18(10-11-20)16(13-19-8-6-17-7-9-19)14-4-3-5-15(12-14)21-2/h3-5,12,16-17,20H,6-11,13H2,1-2H3. The van der Waals surface area contributed by atoms with Gasteiger partial charge >= 0.3 is 0 Å². The Morgan fingerprint density at radius 2 is 2.14 bits per heavy atom. The predicted molar refractivity (Wildman–Crippen MR) is 84.8 cm³/mol. The summed E-state index contributed by atoms with van der Waals surface area (Å²) < 4.78 is 5.34. The van der Waals surface area contributed by atoms with E-state index in [-0.39, 0.29) is 12.6 Å². The first kappa shape index (κ1) is 16.2. The van der Waals surface area contributed by atoms with Crippen molar-refractivity contribution in [3.8, 4) is 5.75 Å². The van der Waals surface area contributed by atoms with Crippen LogP contribution in [0.3, 0.4) is 0 Å². The molecule has 0 aliphatic carbocycles. The predicted octanol–water partition coefficient (Wildman–Crippen LogP) is 0.566. The molecule has 1 heterocycles. The zero-order valence-electron chi connectivity index (χ0n) is 13.1. The molecule has 5 nitrogen and oxygen atoms in total. The number of likely N-dealkylation sites (N-methyl/N-ethyl adjacent to an activating group) is 1. The zero-order chi connectivity index (χ0) is 15.1. The van der Waals surface area contributed by atoms with E-state index in [1.165, 1.54) is 5.56 Å². The number of aliphatic hydroxyl groups is 1. The highest BCUT2D eigenvalue weighted by atomic mass is 16.5. The van der Waals surface area contributed by atoms with E-state index < -0.39 is 0 Å². The van der Waals surface area contributed by atoms with Crippen molar-refractivity contribution in [2.75, 3.05) is 60.0 Å². The lowest BCUT2D eigenvalue weighted by molar-refractivity contribution is 0.129. The van der Waals surface area contributed by atoms with Crippen LogP contribution in [0.2, 0.25) is 0 Å². The van der Waals surface area contributed by atoms with Gasteiger partial charge in [0, 0.05) is 45.3 Å². The van der Waals surface area contributed by atoms with Crippen LogP contribution in [0.1, 0.15) is 11.6 Å². The van der Waals surface area contributed by atoms with Crippen LogP contribution >= 0.6 is 0 Å². The molecule has 0 radical (unpaired) electrons. The molecule has 2 N–H and O–H groups in total. The molecule has 1 aliphatic rings. The molecule has 1 aromatic carbocycles. The first-order chi connectivity index (χ1) is 10.2. The minimum Gasteiger partial charge on any atom is -0.497 e. The number of ether oxygens (including phenoxy) is 1. The maximum Gasteiger partial charge on any atom is 0.119 e. The first-order valence-corrected chi connectivity index (χ1v) is 7.62. The smallest absolute Gasteiger partial charge is 0.119 e. The van der Waals surface area contributed by atoms with Crippen LogP contribution in [0.25, 0.3) is 0 Å². The SMILES string of the molecule is COc1cccc(C(CN2CCNCC2)N(C)CCO)c1. The third-order valence-corrected chi connectivity index (χ3v) is 4.10. The molecule has 1 atom stereocenters. The molecule has 0 aromatic heterocycles. The molecule has 1 aromatic rings. The van der Waals surface area contributed by atoms with Gasteiger partial charge in [0.25, 0.3) is 0 Å². The molecule has 0 saturated carbocycles. The van der Waals surface area contributed by atoms with E-state index in [0.29, 0.717) is 6.54 Å². The maximum absolute atomic E-state index is 9.25. The number of methoxy groups -OCH3 is 1. The maximum atomic E-state index is 9.25. The second kappa shape index (κ2) is 8.34.